The Balaban J connectivity index is 1.46. The Labute approximate surface area is 164 Å². The van der Waals surface area contributed by atoms with E-state index < -0.39 is 0 Å². The molecule has 1 fully saturated rings. The van der Waals surface area contributed by atoms with Crippen molar-refractivity contribution in [2.75, 3.05) is 23.7 Å². The number of carbonyl (C=O) groups is 2. The fraction of sp³-hybridized carbons (Fsp3) is 0.450. The number of rotatable bonds is 6. The van der Waals surface area contributed by atoms with Gasteiger partial charge in [-0.15, -0.1) is 0 Å². The lowest BCUT2D eigenvalue weighted by molar-refractivity contribution is -0.122. The maximum Gasteiger partial charge on any atom is 0.319 e. The second-order valence-corrected chi connectivity index (χ2v) is 7.01. The summed E-state index contributed by atoms with van der Waals surface area (Å²) in [5, 5.41) is 12.5. The predicted molar refractivity (Wildman–Crippen MR) is 107 cm³/mol. The highest BCUT2D eigenvalue weighted by atomic mass is 16.5. The number of aromatic nitrogens is 1. The molecule has 0 aliphatic carbocycles. The van der Waals surface area contributed by atoms with E-state index in [1.807, 2.05) is 37.3 Å². The topological polar surface area (TPSA) is 99.5 Å². The van der Waals surface area contributed by atoms with Gasteiger partial charge in [-0.25, -0.2) is 4.79 Å². The highest BCUT2D eigenvalue weighted by Crippen LogP contribution is 2.17. The Kier molecular flexibility index (Phi) is 6.65. The molecule has 1 aliphatic heterocycles. The van der Waals surface area contributed by atoms with Crippen LogP contribution in [0.4, 0.5) is 16.3 Å². The minimum atomic E-state index is -0.226. The van der Waals surface area contributed by atoms with Crippen LogP contribution in [0, 0.1) is 6.92 Å². The molecular formula is C20H27N5O3. The minimum Gasteiger partial charge on any atom is -0.360 e. The number of likely N-dealkylation sites (tertiary alicyclic amines) is 1. The summed E-state index contributed by atoms with van der Waals surface area (Å²) in [7, 11) is 0. The maximum absolute atomic E-state index is 12.6. The van der Waals surface area contributed by atoms with Crippen LogP contribution in [0.3, 0.4) is 0 Å². The number of hydrogen-bond donors (Lipinski definition) is 3. The van der Waals surface area contributed by atoms with Crippen molar-refractivity contribution in [1.82, 2.24) is 15.4 Å². The summed E-state index contributed by atoms with van der Waals surface area (Å²) in [4.78, 5) is 26.9. The molecule has 2 heterocycles. The van der Waals surface area contributed by atoms with Crippen LogP contribution in [-0.2, 0) is 4.79 Å². The first kappa shape index (κ1) is 19.9. The van der Waals surface area contributed by atoms with E-state index >= 15 is 0 Å². The number of nitrogens with zero attached hydrogens (tertiary/aromatic N) is 2. The third kappa shape index (κ3) is 5.32. The van der Waals surface area contributed by atoms with Crippen LogP contribution in [0.5, 0.6) is 0 Å². The van der Waals surface area contributed by atoms with Crippen LogP contribution in [0.2, 0.25) is 0 Å². The lowest BCUT2D eigenvalue weighted by Crippen LogP contribution is -2.51. The van der Waals surface area contributed by atoms with Crippen molar-refractivity contribution in [1.29, 1.82) is 0 Å². The summed E-state index contributed by atoms with van der Waals surface area (Å²) >= 11 is 0. The SMILES string of the molecule is CCC(C(=O)Nc1cc(C)on1)N1CCC(NC(=O)Nc2ccccc2)CC1. The largest absolute Gasteiger partial charge is 0.360 e. The van der Waals surface area contributed by atoms with Crippen LogP contribution >= 0.6 is 0 Å². The molecule has 1 aromatic carbocycles. The van der Waals surface area contributed by atoms with Crippen molar-refractivity contribution in [3.63, 3.8) is 0 Å². The fourth-order valence-corrected chi connectivity index (χ4v) is 3.47. The number of nitrogens with one attached hydrogen (secondary N) is 3. The Morgan fingerprint density at radius 3 is 2.54 bits per heavy atom. The molecule has 150 valence electrons. The van der Waals surface area contributed by atoms with Crippen molar-refractivity contribution in [3.8, 4) is 0 Å². The molecule has 3 rings (SSSR count). The van der Waals surface area contributed by atoms with Crippen LogP contribution in [-0.4, -0.2) is 47.2 Å². The number of para-hydroxylation sites is 1. The van der Waals surface area contributed by atoms with Crippen LogP contribution in [0.1, 0.15) is 31.9 Å². The molecule has 0 spiro atoms. The van der Waals surface area contributed by atoms with E-state index in [0.29, 0.717) is 18.0 Å². The molecule has 1 aromatic heterocycles. The smallest absolute Gasteiger partial charge is 0.319 e. The molecule has 0 bridgehead atoms. The van der Waals surface area contributed by atoms with Crippen molar-refractivity contribution in [2.24, 2.45) is 0 Å². The van der Waals surface area contributed by atoms with Gasteiger partial charge >= 0.3 is 6.03 Å². The van der Waals surface area contributed by atoms with Gasteiger partial charge in [0.2, 0.25) is 5.91 Å². The van der Waals surface area contributed by atoms with E-state index in [-0.39, 0.29) is 24.0 Å². The zero-order valence-corrected chi connectivity index (χ0v) is 16.3. The first-order chi connectivity index (χ1) is 13.5. The minimum absolute atomic E-state index is 0.0796. The van der Waals surface area contributed by atoms with Crippen LogP contribution in [0.15, 0.2) is 40.9 Å². The Morgan fingerprint density at radius 1 is 1.21 bits per heavy atom. The molecule has 0 radical (unpaired) electrons. The molecular weight excluding hydrogens is 358 g/mol. The van der Waals surface area contributed by atoms with Gasteiger partial charge in [-0.2, -0.15) is 0 Å². The molecule has 3 amide bonds. The molecule has 2 aromatic rings. The summed E-state index contributed by atoms with van der Waals surface area (Å²) in [6, 6.07) is 10.7. The summed E-state index contributed by atoms with van der Waals surface area (Å²) in [5.74, 6) is 1.02. The molecule has 8 heteroatoms. The van der Waals surface area contributed by atoms with Crippen molar-refractivity contribution < 1.29 is 14.1 Å². The first-order valence-corrected chi connectivity index (χ1v) is 9.66. The van der Waals surface area contributed by atoms with E-state index in [9.17, 15) is 9.59 Å². The highest BCUT2D eigenvalue weighted by Gasteiger charge is 2.29. The first-order valence-electron chi connectivity index (χ1n) is 9.66. The third-order valence-corrected chi connectivity index (χ3v) is 4.91. The molecule has 1 saturated heterocycles. The standard InChI is InChI=1S/C20H27N5O3/c1-3-17(19(26)23-18-13-14(2)28-24-18)25-11-9-16(10-12-25)22-20(27)21-15-7-5-4-6-8-15/h4-8,13,16-17H,3,9-12H2,1-2H3,(H2,21,22,27)(H,23,24,26). The predicted octanol–water partition coefficient (Wildman–Crippen LogP) is 2.99. The van der Waals surface area contributed by atoms with Gasteiger partial charge in [0.15, 0.2) is 5.82 Å². The molecule has 1 atom stereocenters. The van der Waals surface area contributed by atoms with E-state index in [1.54, 1.807) is 13.0 Å². The Hall–Kier alpha value is -2.87. The monoisotopic (exact) mass is 385 g/mol. The molecule has 0 saturated carbocycles. The van der Waals surface area contributed by atoms with Gasteiger partial charge in [0.05, 0.1) is 6.04 Å². The molecule has 8 nitrogen and oxygen atoms in total. The lowest BCUT2D eigenvalue weighted by Gasteiger charge is -2.36. The van der Waals surface area contributed by atoms with E-state index in [0.717, 1.165) is 31.6 Å². The van der Waals surface area contributed by atoms with Crippen LogP contribution in [0.25, 0.3) is 0 Å². The number of benzene rings is 1. The van der Waals surface area contributed by atoms with Crippen LogP contribution < -0.4 is 16.0 Å². The Bertz CT molecular complexity index is 784. The van der Waals surface area contributed by atoms with Gasteiger partial charge in [0.1, 0.15) is 5.76 Å². The van der Waals surface area contributed by atoms with Gasteiger partial charge in [-0.1, -0.05) is 30.3 Å². The molecule has 1 aliphatic rings. The van der Waals surface area contributed by atoms with Gasteiger partial charge in [0.25, 0.3) is 0 Å². The van der Waals surface area contributed by atoms with Gasteiger partial charge in [-0.3, -0.25) is 9.69 Å². The summed E-state index contributed by atoms with van der Waals surface area (Å²) in [6.45, 7) is 5.28. The number of anilines is 2. The highest BCUT2D eigenvalue weighted by molar-refractivity contribution is 5.94. The number of piperidine rings is 1. The Morgan fingerprint density at radius 2 is 1.93 bits per heavy atom. The zero-order chi connectivity index (χ0) is 19.9. The fourth-order valence-electron chi connectivity index (χ4n) is 3.47. The summed E-state index contributed by atoms with van der Waals surface area (Å²) < 4.78 is 4.99. The number of aryl methyl sites for hydroxylation is 1. The van der Waals surface area contributed by atoms with Gasteiger partial charge in [-0.05, 0) is 38.3 Å². The third-order valence-electron chi connectivity index (χ3n) is 4.91. The zero-order valence-electron chi connectivity index (χ0n) is 16.3. The average molecular weight is 385 g/mol. The summed E-state index contributed by atoms with van der Waals surface area (Å²) in [5.41, 5.74) is 0.767. The normalized spacial score (nSPS) is 16.4. The van der Waals surface area contributed by atoms with E-state index in [1.165, 1.54) is 0 Å². The quantitative estimate of drug-likeness (QED) is 0.710. The lowest BCUT2D eigenvalue weighted by atomic mass is 10.0. The second-order valence-electron chi connectivity index (χ2n) is 7.01. The average Bonchev–Trinajstić information content (AvgIpc) is 3.09. The summed E-state index contributed by atoms with van der Waals surface area (Å²) in [6.07, 6.45) is 2.30. The molecule has 1 unspecified atom stereocenters. The molecule has 3 N–H and O–H groups in total. The van der Waals surface area contributed by atoms with Crippen molar-refractivity contribution in [2.45, 2.75) is 45.2 Å². The number of hydrogen-bond acceptors (Lipinski definition) is 5. The second kappa shape index (κ2) is 9.36. The van der Waals surface area contributed by atoms with Crippen molar-refractivity contribution in [3.05, 3.63) is 42.2 Å². The molecule has 28 heavy (non-hydrogen) atoms. The number of carbonyl (C=O) groups excluding carboxylic acids is 2. The number of amides is 3. The van der Waals surface area contributed by atoms with Gasteiger partial charge in [0, 0.05) is 30.9 Å². The van der Waals surface area contributed by atoms with E-state index in [4.69, 9.17) is 4.52 Å². The van der Waals surface area contributed by atoms with Crippen molar-refractivity contribution >= 4 is 23.4 Å². The maximum atomic E-state index is 12.6. The number of urea groups is 1. The van der Waals surface area contributed by atoms with Gasteiger partial charge < -0.3 is 20.5 Å². The van der Waals surface area contributed by atoms with E-state index in [2.05, 4.69) is 26.0 Å².